The average molecular weight is 199 g/mol. The Morgan fingerprint density at radius 1 is 1.07 bits per heavy atom. The van der Waals surface area contributed by atoms with Crippen molar-refractivity contribution in [2.75, 3.05) is 7.11 Å². The highest BCUT2D eigenvalue weighted by Crippen LogP contribution is 2.28. The summed E-state index contributed by atoms with van der Waals surface area (Å²) in [5.41, 5.74) is 3.41. The summed E-state index contributed by atoms with van der Waals surface area (Å²) < 4.78 is 5.29. The Morgan fingerprint density at radius 2 is 1.80 bits per heavy atom. The maximum Gasteiger partial charge on any atom is 0.129 e. The van der Waals surface area contributed by atoms with Crippen molar-refractivity contribution in [3.8, 4) is 16.9 Å². The van der Waals surface area contributed by atoms with Crippen molar-refractivity contribution in [3.63, 3.8) is 0 Å². The third kappa shape index (κ3) is 1.99. The second-order valence-electron chi connectivity index (χ2n) is 3.44. The zero-order chi connectivity index (χ0) is 10.7. The highest BCUT2D eigenvalue weighted by Gasteiger charge is 2.04. The normalized spacial score (nSPS) is 10.0. The summed E-state index contributed by atoms with van der Waals surface area (Å²) in [5, 5.41) is 0. The Labute approximate surface area is 89.6 Å². The molecule has 2 aromatic rings. The molecular weight excluding hydrogens is 186 g/mol. The van der Waals surface area contributed by atoms with Gasteiger partial charge >= 0.3 is 0 Å². The maximum atomic E-state index is 5.29. The van der Waals surface area contributed by atoms with Gasteiger partial charge in [0.15, 0.2) is 0 Å². The van der Waals surface area contributed by atoms with Gasteiger partial charge in [0, 0.05) is 18.0 Å². The van der Waals surface area contributed by atoms with Crippen molar-refractivity contribution < 1.29 is 4.74 Å². The fourth-order valence-electron chi connectivity index (χ4n) is 1.51. The van der Waals surface area contributed by atoms with E-state index in [4.69, 9.17) is 4.74 Å². The van der Waals surface area contributed by atoms with Gasteiger partial charge in [-0.05, 0) is 18.6 Å². The van der Waals surface area contributed by atoms with Gasteiger partial charge in [-0.15, -0.1) is 0 Å². The molecule has 1 heterocycles. The van der Waals surface area contributed by atoms with Crippen LogP contribution in [0.2, 0.25) is 0 Å². The molecule has 0 N–H and O–H groups in total. The molecule has 0 fully saturated rings. The largest absolute Gasteiger partial charge is 0.496 e. The fourth-order valence-corrected chi connectivity index (χ4v) is 1.51. The molecule has 2 rings (SSSR count). The molecule has 0 radical (unpaired) electrons. The predicted octanol–water partition coefficient (Wildman–Crippen LogP) is 3.07. The Hall–Kier alpha value is -1.83. The van der Waals surface area contributed by atoms with Crippen LogP contribution in [0.5, 0.6) is 5.75 Å². The van der Waals surface area contributed by atoms with Crippen LogP contribution in [-0.4, -0.2) is 12.1 Å². The highest BCUT2D eigenvalue weighted by atomic mass is 16.5. The molecule has 0 spiro atoms. The van der Waals surface area contributed by atoms with Crippen LogP contribution in [0.25, 0.3) is 11.1 Å². The van der Waals surface area contributed by atoms with Gasteiger partial charge in [-0.25, -0.2) is 0 Å². The van der Waals surface area contributed by atoms with E-state index in [1.807, 2.05) is 12.3 Å². The third-order valence-corrected chi connectivity index (χ3v) is 2.36. The van der Waals surface area contributed by atoms with Gasteiger partial charge in [0.1, 0.15) is 5.75 Å². The van der Waals surface area contributed by atoms with Crippen LogP contribution < -0.4 is 4.74 Å². The van der Waals surface area contributed by atoms with Crippen LogP contribution in [0.1, 0.15) is 5.56 Å². The molecule has 0 bridgehead atoms. The molecule has 76 valence electrons. The van der Waals surface area contributed by atoms with E-state index in [1.165, 1.54) is 5.56 Å². The van der Waals surface area contributed by atoms with Gasteiger partial charge in [-0.2, -0.15) is 0 Å². The predicted molar refractivity (Wildman–Crippen MR) is 61.0 cm³/mol. The van der Waals surface area contributed by atoms with Crippen molar-refractivity contribution in [2.45, 2.75) is 6.92 Å². The first-order valence-electron chi connectivity index (χ1n) is 4.86. The fraction of sp³-hybridized carbons (Fsp3) is 0.154. The summed E-state index contributed by atoms with van der Waals surface area (Å²) in [7, 11) is 1.67. The molecule has 15 heavy (non-hydrogen) atoms. The minimum absolute atomic E-state index is 0.855. The molecule has 0 aliphatic carbocycles. The molecule has 0 unspecified atom stereocenters. The van der Waals surface area contributed by atoms with Crippen molar-refractivity contribution >= 4 is 0 Å². The van der Waals surface area contributed by atoms with Crippen LogP contribution in [-0.2, 0) is 0 Å². The molecule has 0 aliphatic heterocycles. The van der Waals surface area contributed by atoms with Gasteiger partial charge in [-0.3, -0.25) is 4.98 Å². The van der Waals surface area contributed by atoms with E-state index in [0.717, 1.165) is 16.9 Å². The quantitative estimate of drug-likeness (QED) is 0.741. The Bertz CT molecular complexity index is 448. The number of nitrogens with zero attached hydrogens (tertiary/aromatic N) is 1. The number of hydrogen-bond donors (Lipinski definition) is 0. The number of methoxy groups -OCH3 is 1. The number of benzene rings is 1. The number of pyridine rings is 1. The summed E-state index contributed by atoms with van der Waals surface area (Å²) in [5.74, 6) is 0.855. The van der Waals surface area contributed by atoms with Gasteiger partial charge in [0.25, 0.3) is 0 Å². The van der Waals surface area contributed by atoms with Crippen molar-refractivity contribution in [1.29, 1.82) is 0 Å². The first-order valence-corrected chi connectivity index (χ1v) is 4.86. The smallest absolute Gasteiger partial charge is 0.129 e. The maximum absolute atomic E-state index is 5.29. The molecule has 0 amide bonds. The number of rotatable bonds is 2. The van der Waals surface area contributed by atoms with Crippen LogP contribution in [0.3, 0.4) is 0 Å². The molecule has 0 saturated heterocycles. The topological polar surface area (TPSA) is 22.1 Å². The zero-order valence-corrected chi connectivity index (χ0v) is 8.90. The molecule has 0 aliphatic rings. The Morgan fingerprint density at radius 3 is 2.47 bits per heavy atom. The molecule has 2 nitrogen and oxygen atoms in total. The lowest BCUT2D eigenvalue weighted by Gasteiger charge is -2.07. The van der Waals surface area contributed by atoms with Crippen LogP contribution in [0, 0.1) is 6.92 Å². The average Bonchev–Trinajstić information content (AvgIpc) is 2.30. The van der Waals surface area contributed by atoms with Crippen molar-refractivity contribution in [1.82, 2.24) is 4.98 Å². The van der Waals surface area contributed by atoms with E-state index in [2.05, 4.69) is 36.2 Å². The number of hydrogen-bond acceptors (Lipinski definition) is 2. The highest BCUT2D eigenvalue weighted by molar-refractivity contribution is 5.69. The van der Waals surface area contributed by atoms with E-state index in [9.17, 15) is 0 Å². The van der Waals surface area contributed by atoms with Gasteiger partial charge in [0.05, 0.1) is 7.11 Å². The van der Waals surface area contributed by atoms with E-state index < -0.39 is 0 Å². The van der Waals surface area contributed by atoms with E-state index in [0.29, 0.717) is 0 Å². The number of aromatic nitrogens is 1. The number of aryl methyl sites for hydroxylation is 1. The Kier molecular flexibility index (Phi) is 2.68. The molecular formula is C13H13NO. The molecule has 0 saturated carbocycles. The SMILES string of the molecule is COc1ccncc1-c1ccc(C)cc1. The molecule has 1 aromatic carbocycles. The van der Waals surface area contributed by atoms with Gasteiger partial charge in [-0.1, -0.05) is 29.8 Å². The first-order chi connectivity index (χ1) is 7.31. The summed E-state index contributed by atoms with van der Waals surface area (Å²) in [6.45, 7) is 2.07. The molecule has 2 heteroatoms. The zero-order valence-electron chi connectivity index (χ0n) is 8.90. The van der Waals surface area contributed by atoms with Crippen LogP contribution in [0.15, 0.2) is 42.7 Å². The second kappa shape index (κ2) is 4.13. The summed E-state index contributed by atoms with van der Waals surface area (Å²) >= 11 is 0. The van der Waals surface area contributed by atoms with E-state index in [1.54, 1.807) is 13.3 Å². The first kappa shape index (κ1) is 9.71. The monoisotopic (exact) mass is 199 g/mol. The Balaban J connectivity index is 2.49. The summed E-state index contributed by atoms with van der Waals surface area (Å²) in [4.78, 5) is 4.11. The second-order valence-corrected chi connectivity index (χ2v) is 3.44. The standard InChI is InChI=1S/C13H13NO/c1-10-3-5-11(6-4-10)12-9-14-8-7-13(12)15-2/h3-9H,1-2H3. The van der Waals surface area contributed by atoms with Crippen LogP contribution in [0.4, 0.5) is 0 Å². The minimum atomic E-state index is 0.855. The van der Waals surface area contributed by atoms with Crippen molar-refractivity contribution in [2.24, 2.45) is 0 Å². The summed E-state index contributed by atoms with van der Waals surface area (Å²) in [6, 6.07) is 10.2. The van der Waals surface area contributed by atoms with Crippen LogP contribution >= 0.6 is 0 Å². The van der Waals surface area contributed by atoms with Crippen molar-refractivity contribution in [3.05, 3.63) is 48.3 Å². The molecule has 1 aromatic heterocycles. The van der Waals surface area contributed by atoms with E-state index in [-0.39, 0.29) is 0 Å². The third-order valence-electron chi connectivity index (χ3n) is 2.36. The number of ether oxygens (including phenoxy) is 1. The van der Waals surface area contributed by atoms with E-state index >= 15 is 0 Å². The lowest BCUT2D eigenvalue weighted by atomic mass is 10.1. The van der Waals surface area contributed by atoms with Gasteiger partial charge < -0.3 is 4.74 Å². The summed E-state index contributed by atoms with van der Waals surface area (Å²) in [6.07, 6.45) is 3.56. The minimum Gasteiger partial charge on any atom is -0.496 e. The lowest BCUT2D eigenvalue weighted by molar-refractivity contribution is 0.416. The van der Waals surface area contributed by atoms with Gasteiger partial charge in [0.2, 0.25) is 0 Å². The molecule has 0 atom stereocenters. The lowest BCUT2D eigenvalue weighted by Crippen LogP contribution is -1.88.